The Bertz CT molecular complexity index is 926. The van der Waals surface area contributed by atoms with Gasteiger partial charge in [-0.25, -0.2) is 0 Å². The van der Waals surface area contributed by atoms with Gasteiger partial charge in [-0.1, -0.05) is 23.9 Å². The average molecular weight is 375 g/mol. The molecule has 0 aliphatic carbocycles. The van der Waals surface area contributed by atoms with Crippen LogP contribution >= 0.6 is 11.8 Å². The Hall–Kier alpha value is -2.20. The second-order valence-electron chi connectivity index (χ2n) is 4.69. The highest BCUT2D eigenvalue weighted by Crippen LogP contribution is 2.40. The van der Waals surface area contributed by atoms with Gasteiger partial charge < -0.3 is 9.50 Å². The molecule has 126 valence electrons. The first-order valence-corrected chi connectivity index (χ1v) is 8.63. The molecule has 24 heavy (non-hydrogen) atoms. The highest BCUT2D eigenvalue weighted by atomic mass is 32.2. The number of para-hydroxylation sites is 1. The topological polar surface area (TPSA) is 72.5 Å². The van der Waals surface area contributed by atoms with Gasteiger partial charge in [0.05, 0.1) is 11.3 Å². The van der Waals surface area contributed by atoms with E-state index in [1.165, 1.54) is 17.8 Å². The summed E-state index contributed by atoms with van der Waals surface area (Å²) >= 11 is 1.23. The van der Waals surface area contributed by atoms with Crippen LogP contribution in [0, 0.1) is 0 Å². The normalized spacial score (nSPS) is 14.2. The number of carbonyl (C=O) groups excluding carboxylic acids is 1. The standard InChI is InChI=1S/C14H8F3NO4S2/c15-14(16,17)24(20,21)22-8-5-6-11-9(7-8)13(19)18-10-3-1-2-4-12(10)23-11/h1-7H,(H,18,19). The first-order chi connectivity index (χ1) is 11.2. The minimum atomic E-state index is -5.80. The van der Waals surface area contributed by atoms with E-state index in [2.05, 4.69) is 9.50 Å². The molecule has 0 bridgehead atoms. The second kappa shape index (κ2) is 5.71. The van der Waals surface area contributed by atoms with Crippen LogP contribution in [0.15, 0.2) is 52.3 Å². The van der Waals surface area contributed by atoms with Crippen molar-refractivity contribution in [3.63, 3.8) is 0 Å². The van der Waals surface area contributed by atoms with E-state index < -0.39 is 27.3 Å². The van der Waals surface area contributed by atoms with Gasteiger partial charge in [0.1, 0.15) is 5.75 Å². The van der Waals surface area contributed by atoms with Crippen LogP contribution in [0.25, 0.3) is 0 Å². The monoisotopic (exact) mass is 375 g/mol. The van der Waals surface area contributed by atoms with E-state index >= 15 is 0 Å². The predicted octanol–water partition coefficient (Wildman–Crippen LogP) is 3.63. The van der Waals surface area contributed by atoms with E-state index in [0.29, 0.717) is 10.6 Å². The molecule has 1 N–H and O–H groups in total. The van der Waals surface area contributed by atoms with Crippen LogP contribution < -0.4 is 9.50 Å². The van der Waals surface area contributed by atoms with E-state index in [-0.39, 0.29) is 5.56 Å². The number of alkyl halides is 3. The molecule has 0 aromatic heterocycles. The smallest absolute Gasteiger partial charge is 0.376 e. The van der Waals surface area contributed by atoms with Crippen molar-refractivity contribution >= 4 is 33.5 Å². The molecule has 10 heteroatoms. The summed E-state index contributed by atoms with van der Waals surface area (Å²) < 4.78 is 63.3. The van der Waals surface area contributed by atoms with Gasteiger partial charge in [-0.05, 0) is 30.3 Å². The number of amides is 1. The maximum atomic E-state index is 12.4. The van der Waals surface area contributed by atoms with Crippen LogP contribution in [0.1, 0.15) is 10.4 Å². The van der Waals surface area contributed by atoms with E-state index in [4.69, 9.17) is 0 Å². The third kappa shape index (κ3) is 3.06. The first kappa shape index (κ1) is 16.7. The zero-order chi connectivity index (χ0) is 17.5. The molecule has 1 amide bonds. The average Bonchev–Trinajstić information content (AvgIpc) is 2.62. The van der Waals surface area contributed by atoms with Crippen molar-refractivity contribution in [2.75, 3.05) is 5.32 Å². The minimum Gasteiger partial charge on any atom is -0.376 e. The Balaban J connectivity index is 1.98. The molecule has 0 saturated carbocycles. The molecule has 0 fully saturated rings. The number of hydrogen-bond donors (Lipinski definition) is 1. The summed E-state index contributed by atoms with van der Waals surface area (Å²) in [6.07, 6.45) is 0. The van der Waals surface area contributed by atoms with Gasteiger partial charge >= 0.3 is 15.6 Å². The van der Waals surface area contributed by atoms with Crippen LogP contribution in [-0.4, -0.2) is 19.8 Å². The lowest BCUT2D eigenvalue weighted by Gasteiger charge is -2.11. The number of benzene rings is 2. The summed E-state index contributed by atoms with van der Waals surface area (Å²) in [5.74, 6) is -1.16. The molecule has 3 rings (SSSR count). The van der Waals surface area contributed by atoms with E-state index in [1.807, 2.05) is 0 Å². The zero-order valence-corrected chi connectivity index (χ0v) is 13.3. The van der Waals surface area contributed by atoms with Gasteiger partial charge in [0.25, 0.3) is 5.91 Å². The van der Waals surface area contributed by atoms with Gasteiger partial charge in [-0.2, -0.15) is 21.6 Å². The quantitative estimate of drug-likeness (QED) is 0.641. The molecule has 1 heterocycles. The minimum absolute atomic E-state index is 0.0195. The van der Waals surface area contributed by atoms with Crippen LogP contribution in [-0.2, 0) is 10.1 Å². The van der Waals surface area contributed by atoms with Gasteiger partial charge in [0.2, 0.25) is 0 Å². The number of halogens is 3. The van der Waals surface area contributed by atoms with Crippen LogP contribution in [0.4, 0.5) is 18.9 Å². The summed E-state index contributed by atoms with van der Waals surface area (Å²) in [7, 11) is -5.80. The molecule has 0 unspecified atom stereocenters. The molecule has 0 saturated heterocycles. The summed E-state index contributed by atoms with van der Waals surface area (Å²) in [6, 6.07) is 10.3. The van der Waals surface area contributed by atoms with Crippen LogP contribution in [0.2, 0.25) is 0 Å². The van der Waals surface area contributed by atoms with Crippen molar-refractivity contribution in [2.24, 2.45) is 0 Å². The lowest BCUT2D eigenvalue weighted by molar-refractivity contribution is -0.0500. The Morgan fingerprint density at radius 1 is 1.04 bits per heavy atom. The lowest BCUT2D eigenvalue weighted by atomic mass is 10.2. The maximum absolute atomic E-state index is 12.4. The Kier molecular flexibility index (Phi) is 3.96. The molecular formula is C14H8F3NO4S2. The van der Waals surface area contributed by atoms with Gasteiger partial charge in [0, 0.05) is 9.79 Å². The van der Waals surface area contributed by atoms with Gasteiger partial charge in [-0.15, -0.1) is 0 Å². The fraction of sp³-hybridized carbons (Fsp3) is 0.0714. The van der Waals surface area contributed by atoms with Crippen molar-refractivity contribution in [1.29, 1.82) is 0 Å². The summed E-state index contributed by atoms with van der Waals surface area (Å²) in [5.41, 5.74) is -4.98. The third-order valence-electron chi connectivity index (χ3n) is 3.04. The van der Waals surface area contributed by atoms with Gasteiger partial charge in [-0.3, -0.25) is 4.79 Å². The van der Waals surface area contributed by atoms with Crippen molar-refractivity contribution < 1.29 is 30.6 Å². The highest BCUT2D eigenvalue weighted by Gasteiger charge is 2.48. The number of nitrogens with one attached hydrogen (secondary N) is 1. The second-order valence-corrected chi connectivity index (χ2v) is 7.32. The molecule has 0 radical (unpaired) electrons. The Morgan fingerprint density at radius 3 is 2.46 bits per heavy atom. The summed E-state index contributed by atoms with van der Waals surface area (Å²) in [6.45, 7) is 0. The zero-order valence-electron chi connectivity index (χ0n) is 11.6. The molecule has 1 aliphatic rings. The molecule has 2 aromatic carbocycles. The summed E-state index contributed by atoms with van der Waals surface area (Å²) in [4.78, 5) is 13.4. The lowest BCUT2D eigenvalue weighted by Crippen LogP contribution is -2.28. The van der Waals surface area contributed by atoms with Crippen molar-refractivity contribution in [3.8, 4) is 5.75 Å². The fourth-order valence-electron chi connectivity index (χ4n) is 1.97. The molecule has 0 spiro atoms. The van der Waals surface area contributed by atoms with Crippen molar-refractivity contribution in [1.82, 2.24) is 0 Å². The maximum Gasteiger partial charge on any atom is 0.534 e. The SMILES string of the molecule is O=C1Nc2ccccc2Sc2ccc(OS(=O)(=O)C(F)(F)F)cc21. The number of anilines is 1. The van der Waals surface area contributed by atoms with Gasteiger partial charge in [0.15, 0.2) is 0 Å². The molecule has 1 aliphatic heterocycles. The van der Waals surface area contributed by atoms with E-state index in [9.17, 15) is 26.4 Å². The van der Waals surface area contributed by atoms with Crippen LogP contribution in [0.3, 0.4) is 0 Å². The molecule has 5 nitrogen and oxygen atoms in total. The van der Waals surface area contributed by atoms with Crippen molar-refractivity contribution in [3.05, 3.63) is 48.0 Å². The molecule has 0 atom stereocenters. The Labute approximate surface area is 138 Å². The van der Waals surface area contributed by atoms with E-state index in [1.54, 1.807) is 24.3 Å². The Morgan fingerprint density at radius 2 is 1.75 bits per heavy atom. The third-order valence-corrected chi connectivity index (χ3v) is 5.17. The number of rotatable bonds is 2. The number of hydrogen-bond acceptors (Lipinski definition) is 5. The first-order valence-electron chi connectivity index (χ1n) is 6.40. The van der Waals surface area contributed by atoms with E-state index in [0.717, 1.165) is 17.0 Å². The fourth-order valence-corrected chi connectivity index (χ4v) is 3.43. The predicted molar refractivity (Wildman–Crippen MR) is 80.6 cm³/mol. The van der Waals surface area contributed by atoms with Crippen molar-refractivity contribution in [2.45, 2.75) is 15.3 Å². The molecular weight excluding hydrogens is 367 g/mol. The van der Waals surface area contributed by atoms with Crippen LogP contribution in [0.5, 0.6) is 5.75 Å². The number of fused-ring (bicyclic) bond motifs is 2. The largest absolute Gasteiger partial charge is 0.534 e. The molecule has 2 aromatic rings. The summed E-state index contributed by atoms with van der Waals surface area (Å²) in [5, 5.41) is 2.61. The highest BCUT2D eigenvalue weighted by molar-refractivity contribution is 7.99. The number of carbonyl (C=O) groups is 1.